The van der Waals surface area contributed by atoms with Crippen LogP contribution >= 0.6 is 11.6 Å². The molecular weight excluding hydrogens is 236 g/mol. The normalized spacial score (nSPS) is 16.5. The number of benzene rings is 1. The number of halogens is 1. The van der Waals surface area contributed by atoms with Crippen molar-refractivity contribution in [2.24, 2.45) is 0 Å². The molecule has 0 radical (unpaired) electrons. The van der Waals surface area contributed by atoms with Crippen molar-refractivity contribution in [3.8, 4) is 0 Å². The summed E-state index contributed by atoms with van der Waals surface area (Å²) in [6.07, 6.45) is 0.466. The molecular formula is C13H17ClN2O. The highest BCUT2D eigenvalue weighted by atomic mass is 35.5. The largest absolute Gasteiger partial charge is 0.308 e. The molecule has 4 heteroatoms. The van der Waals surface area contributed by atoms with Gasteiger partial charge in [0.1, 0.15) is 0 Å². The first kappa shape index (κ1) is 12.4. The smallest absolute Gasteiger partial charge is 0.231 e. The van der Waals surface area contributed by atoms with E-state index in [1.54, 1.807) is 0 Å². The average Bonchev–Trinajstić information content (AvgIpc) is 2.51. The molecule has 1 atom stereocenters. The summed E-state index contributed by atoms with van der Waals surface area (Å²) in [4.78, 5) is 16.0. The summed E-state index contributed by atoms with van der Waals surface area (Å²) in [6.45, 7) is 2.93. The van der Waals surface area contributed by atoms with Gasteiger partial charge in [-0.3, -0.25) is 4.79 Å². The van der Waals surface area contributed by atoms with Crippen molar-refractivity contribution in [2.45, 2.75) is 19.4 Å². The van der Waals surface area contributed by atoms with Gasteiger partial charge in [-0.2, -0.15) is 0 Å². The fourth-order valence-corrected chi connectivity index (χ4v) is 2.60. The first-order valence-corrected chi connectivity index (χ1v) is 6.12. The number of rotatable bonds is 3. The van der Waals surface area contributed by atoms with Crippen molar-refractivity contribution in [3.05, 3.63) is 28.8 Å². The van der Waals surface area contributed by atoms with Crippen molar-refractivity contribution < 1.29 is 4.79 Å². The van der Waals surface area contributed by atoms with Crippen LogP contribution in [0.1, 0.15) is 12.5 Å². The zero-order valence-electron chi connectivity index (χ0n) is 10.4. The highest BCUT2D eigenvalue weighted by Crippen LogP contribution is 2.32. The zero-order valence-corrected chi connectivity index (χ0v) is 11.2. The first-order valence-electron chi connectivity index (χ1n) is 5.74. The third-order valence-electron chi connectivity index (χ3n) is 2.98. The van der Waals surface area contributed by atoms with Crippen LogP contribution in [0.2, 0.25) is 5.02 Å². The molecule has 0 saturated heterocycles. The lowest BCUT2D eigenvalue weighted by Crippen LogP contribution is -2.42. The number of hydrogen-bond acceptors (Lipinski definition) is 2. The van der Waals surface area contributed by atoms with Crippen LogP contribution in [0.5, 0.6) is 0 Å². The van der Waals surface area contributed by atoms with Crippen LogP contribution in [0.3, 0.4) is 0 Å². The van der Waals surface area contributed by atoms with E-state index in [1.807, 2.05) is 37.2 Å². The predicted molar refractivity (Wildman–Crippen MR) is 70.7 cm³/mol. The van der Waals surface area contributed by atoms with Crippen molar-refractivity contribution in [1.29, 1.82) is 0 Å². The van der Waals surface area contributed by atoms with Gasteiger partial charge in [0, 0.05) is 23.3 Å². The Kier molecular flexibility index (Phi) is 3.40. The molecule has 0 saturated carbocycles. The zero-order chi connectivity index (χ0) is 12.6. The topological polar surface area (TPSA) is 23.6 Å². The van der Waals surface area contributed by atoms with Gasteiger partial charge in [-0.1, -0.05) is 11.6 Å². The molecule has 0 aliphatic carbocycles. The van der Waals surface area contributed by atoms with Crippen LogP contribution in [0.4, 0.5) is 5.69 Å². The molecule has 1 aliphatic heterocycles. The second-order valence-corrected chi connectivity index (χ2v) is 5.26. The van der Waals surface area contributed by atoms with Gasteiger partial charge >= 0.3 is 0 Å². The van der Waals surface area contributed by atoms with Gasteiger partial charge in [-0.15, -0.1) is 0 Å². The van der Waals surface area contributed by atoms with E-state index in [9.17, 15) is 4.79 Å². The predicted octanol–water partition coefficient (Wildman–Crippen LogP) is 2.18. The van der Waals surface area contributed by atoms with E-state index in [1.165, 1.54) is 0 Å². The molecule has 2 rings (SSSR count). The monoisotopic (exact) mass is 252 g/mol. The van der Waals surface area contributed by atoms with E-state index < -0.39 is 0 Å². The standard InChI is InChI=1S/C13H17ClN2O/c1-9(8-15(2)3)16-12-5-4-11(14)6-10(12)7-13(16)17/h4-6,9H,7-8H2,1-3H3. The highest BCUT2D eigenvalue weighted by molar-refractivity contribution is 6.30. The minimum Gasteiger partial charge on any atom is -0.308 e. The molecule has 1 amide bonds. The minimum atomic E-state index is 0.164. The Bertz CT molecular complexity index is 445. The Labute approximate surface area is 107 Å². The molecule has 0 spiro atoms. The number of nitrogens with zero attached hydrogens (tertiary/aromatic N) is 2. The molecule has 1 heterocycles. The van der Waals surface area contributed by atoms with E-state index in [0.717, 1.165) is 17.8 Å². The Morgan fingerprint density at radius 2 is 2.18 bits per heavy atom. The van der Waals surface area contributed by atoms with Gasteiger partial charge in [-0.25, -0.2) is 0 Å². The number of likely N-dealkylation sites (N-methyl/N-ethyl adjacent to an activating group) is 1. The van der Waals surface area contributed by atoms with Crippen molar-refractivity contribution in [3.63, 3.8) is 0 Å². The van der Waals surface area contributed by atoms with Gasteiger partial charge in [0.15, 0.2) is 0 Å². The van der Waals surface area contributed by atoms with Crippen LogP contribution in [-0.4, -0.2) is 37.5 Å². The summed E-state index contributed by atoms with van der Waals surface area (Å²) in [5.74, 6) is 0.164. The number of carbonyl (C=O) groups is 1. The first-order chi connectivity index (χ1) is 7.99. The van der Waals surface area contributed by atoms with E-state index in [4.69, 9.17) is 11.6 Å². The Balaban J connectivity index is 2.28. The molecule has 92 valence electrons. The molecule has 1 unspecified atom stereocenters. The maximum atomic E-state index is 12.0. The fourth-order valence-electron chi connectivity index (χ4n) is 2.41. The Hall–Kier alpha value is -1.06. The van der Waals surface area contributed by atoms with E-state index in [-0.39, 0.29) is 11.9 Å². The van der Waals surface area contributed by atoms with Gasteiger partial charge in [0.2, 0.25) is 5.91 Å². The molecule has 0 fully saturated rings. The van der Waals surface area contributed by atoms with Gasteiger partial charge in [0.05, 0.1) is 6.42 Å². The summed E-state index contributed by atoms with van der Waals surface area (Å²) >= 11 is 5.94. The van der Waals surface area contributed by atoms with Crippen molar-refractivity contribution >= 4 is 23.2 Å². The molecule has 0 aromatic heterocycles. The summed E-state index contributed by atoms with van der Waals surface area (Å²) < 4.78 is 0. The van der Waals surface area contributed by atoms with Crippen LogP contribution < -0.4 is 4.90 Å². The lowest BCUT2D eigenvalue weighted by atomic mass is 10.1. The second kappa shape index (κ2) is 4.67. The van der Waals surface area contributed by atoms with E-state index >= 15 is 0 Å². The molecule has 0 N–H and O–H groups in total. The van der Waals surface area contributed by atoms with E-state index in [2.05, 4.69) is 11.8 Å². The third kappa shape index (κ3) is 2.45. The third-order valence-corrected chi connectivity index (χ3v) is 3.22. The maximum Gasteiger partial charge on any atom is 0.231 e. The number of hydrogen-bond donors (Lipinski definition) is 0. The van der Waals surface area contributed by atoms with Crippen LogP contribution in [-0.2, 0) is 11.2 Å². The number of fused-ring (bicyclic) bond motifs is 1. The van der Waals surface area contributed by atoms with Crippen LogP contribution in [0.25, 0.3) is 0 Å². The minimum absolute atomic E-state index is 0.164. The van der Waals surface area contributed by atoms with Gasteiger partial charge < -0.3 is 9.80 Å². The highest BCUT2D eigenvalue weighted by Gasteiger charge is 2.30. The molecule has 1 aliphatic rings. The van der Waals surface area contributed by atoms with Gasteiger partial charge in [-0.05, 0) is 44.8 Å². The average molecular weight is 253 g/mol. The fraction of sp³-hybridized carbons (Fsp3) is 0.462. The molecule has 17 heavy (non-hydrogen) atoms. The van der Waals surface area contributed by atoms with E-state index in [0.29, 0.717) is 11.4 Å². The summed E-state index contributed by atoms with van der Waals surface area (Å²) in [6, 6.07) is 5.85. The summed E-state index contributed by atoms with van der Waals surface area (Å²) in [5.41, 5.74) is 2.04. The Morgan fingerprint density at radius 3 is 2.82 bits per heavy atom. The summed E-state index contributed by atoms with van der Waals surface area (Å²) in [5, 5.41) is 0.693. The number of carbonyl (C=O) groups excluding carboxylic acids is 1. The molecule has 1 aromatic carbocycles. The molecule has 3 nitrogen and oxygen atoms in total. The van der Waals surface area contributed by atoms with Crippen molar-refractivity contribution in [2.75, 3.05) is 25.5 Å². The number of anilines is 1. The SMILES string of the molecule is CC(CN(C)C)N1C(=O)Cc2cc(Cl)ccc21. The lowest BCUT2D eigenvalue weighted by molar-refractivity contribution is -0.117. The summed E-state index contributed by atoms with van der Waals surface area (Å²) in [7, 11) is 4.03. The molecule has 1 aromatic rings. The second-order valence-electron chi connectivity index (χ2n) is 4.82. The number of amides is 1. The lowest BCUT2D eigenvalue weighted by Gasteiger charge is -2.27. The van der Waals surface area contributed by atoms with Crippen LogP contribution in [0, 0.1) is 0 Å². The van der Waals surface area contributed by atoms with Gasteiger partial charge in [0.25, 0.3) is 0 Å². The quantitative estimate of drug-likeness (QED) is 0.823. The molecule has 0 bridgehead atoms. The Morgan fingerprint density at radius 1 is 1.47 bits per heavy atom. The maximum absolute atomic E-state index is 12.0. The van der Waals surface area contributed by atoms with Crippen LogP contribution in [0.15, 0.2) is 18.2 Å². The van der Waals surface area contributed by atoms with Crippen molar-refractivity contribution in [1.82, 2.24) is 4.90 Å².